The average Bonchev–Trinajstić information content (AvgIpc) is 3.14. The number of carbonyl (C=O) groups is 3. The summed E-state index contributed by atoms with van der Waals surface area (Å²) in [5, 5.41) is 10.6. The van der Waals surface area contributed by atoms with Crippen molar-refractivity contribution in [2.75, 3.05) is 19.4 Å². The number of carbonyl (C=O) groups excluding carboxylic acids is 3. The standard InChI is InChI=1S/C18H20FN7O3S/c1-25(16(28)13-6-7-15(27)26(2)23-13)10-14-21-18(30-24-14)22-17(29)20-9-11-4-3-5-12(19)8-11/h3-5,8H,6-7,9-10H2,1-2H3,(H2,20,21,22,24,29). The first-order chi connectivity index (χ1) is 14.3. The number of nitrogens with one attached hydrogen (secondary N) is 2. The summed E-state index contributed by atoms with van der Waals surface area (Å²) in [7, 11) is 3.09. The van der Waals surface area contributed by atoms with E-state index in [2.05, 4.69) is 25.1 Å². The van der Waals surface area contributed by atoms with Gasteiger partial charge in [0.1, 0.15) is 11.5 Å². The number of urea groups is 1. The number of nitrogens with zero attached hydrogens (tertiary/aromatic N) is 5. The van der Waals surface area contributed by atoms with E-state index in [1.54, 1.807) is 19.2 Å². The number of benzene rings is 1. The molecule has 0 saturated carbocycles. The molecule has 0 radical (unpaired) electrons. The van der Waals surface area contributed by atoms with Crippen LogP contribution in [0.3, 0.4) is 0 Å². The number of anilines is 1. The molecule has 30 heavy (non-hydrogen) atoms. The second-order valence-electron chi connectivity index (χ2n) is 6.58. The van der Waals surface area contributed by atoms with Crippen molar-refractivity contribution in [3.05, 3.63) is 41.5 Å². The van der Waals surface area contributed by atoms with Gasteiger partial charge in [-0.1, -0.05) is 12.1 Å². The minimum absolute atomic E-state index is 0.124. The van der Waals surface area contributed by atoms with E-state index in [9.17, 15) is 18.8 Å². The fourth-order valence-electron chi connectivity index (χ4n) is 2.67. The number of halogens is 1. The van der Waals surface area contributed by atoms with Gasteiger partial charge in [-0.15, -0.1) is 0 Å². The zero-order valence-corrected chi connectivity index (χ0v) is 17.2. The number of hydrazone groups is 1. The van der Waals surface area contributed by atoms with Crippen molar-refractivity contribution in [1.82, 2.24) is 24.6 Å². The van der Waals surface area contributed by atoms with Gasteiger partial charge in [0.25, 0.3) is 5.91 Å². The van der Waals surface area contributed by atoms with E-state index >= 15 is 0 Å². The van der Waals surface area contributed by atoms with Gasteiger partial charge >= 0.3 is 6.03 Å². The van der Waals surface area contributed by atoms with Crippen LogP contribution < -0.4 is 10.6 Å². The normalized spacial score (nSPS) is 13.6. The lowest BCUT2D eigenvalue weighted by Gasteiger charge is -2.22. The Morgan fingerprint density at radius 3 is 2.87 bits per heavy atom. The molecule has 0 aliphatic carbocycles. The molecule has 0 fully saturated rings. The van der Waals surface area contributed by atoms with Gasteiger partial charge in [-0.05, 0) is 17.7 Å². The molecule has 1 aliphatic heterocycles. The van der Waals surface area contributed by atoms with E-state index in [0.717, 1.165) is 16.5 Å². The molecule has 1 aliphatic rings. The van der Waals surface area contributed by atoms with Gasteiger partial charge < -0.3 is 10.2 Å². The highest BCUT2D eigenvalue weighted by Crippen LogP contribution is 2.14. The van der Waals surface area contributed by atoms with Gasteiger partial charge in [0, 0.05) is 45.0 Å². The van der Waals surface area contributed by atoms with Crippen LogP contribution in [0.1, 0.15) is 24.2 Å². The Kier molecular flexibility index (Phi) is 6.67. The van der Waals surface area contributed by atoms with Crippen LogP contribution in [-0.2, 0) is 22.7 Å². The van der Waals surface area contributed by atoms with Crippen molar-refractivity contribution < 1.29 is 18.8 Å². The molecular weight excluding hydrogens is 413 g/mol. The van der Waals surface area contributed by atoms with Crippen LogP contribution in [0.4, 0.5) is 14.3 Å². The van der Waals surface area contributed by atoms with E-state index in [1.807, 2.05) is 0 Å². The van der Waals surface area contributed by atoms with E-state index in [1.165, 1.54) is 24.1 Å². The predicted molar refractivity (Wildman–Crippen MR) is 108 cm³/mol. The van der Waals surface area contributed by atoms with E-state index in [-0.39, 0.29) is 48.7 Å². The first-order valence-corrected chi connectivity index (χ1v) is 9.80. The van der Waals surface area contributed by atoms with Gasteiger partial charge in [-0.25, -0.2) is 19.2 Å². The highest BCUT2D eigenvalue weighted by Gasteiger charge is 2.25. The van der Waals surface area contributed by atoms with Crippen LogP contribution in [-0.4, -0.2) is 56.9 Å². The van der Waals surface area contributed by atoms with Gasteiger partial charge in [0.2, 0.25) is 11.0 Å². The summed E-state index contributed by atoms with van der Waals surface area (Å²) >= 11 is 0.978. The number of hydrogen-bond donors (Lipinski definition) is 2. The van der Waals surface area contributed by atoms with Crippen LogP contribution in [0.5, 0.6) is 0 Å². The lowest BCUT2D eigenvalue weighted by atomic mass is 10.1. The fourth-order valence-corrected chi connectivity index (χ4v) is 3.24. The smallest absolute Gasteiger partial charge is 0.321 e. The molecule has 2 N–H and O–H groups in total. The van der Waals surface area contributed by atoms with Gasteiger partial charge in [0.15, 0.2) is 5.82 Å². The summed E-state index contributed by atoms with van der Waals surface area (Å²) in [5.74, 6) is -0.468. The Hall–Kier alpha value is -3.41. The van der Waals surface area contributed by atoms with Crippen LogP contribution >= 0.6 is 11.5 Å². The minimum atomic E-state index is -0.504. The molecule has 10 nitrogen and oxygen atoms in total. The SMILES string of the molecule is CN(Cc1nsc(NC(=O)NCc2cccc(F)c2)n1)C(=O)C1=NN(C)C(=O)CC1. The summed E-state index contributed by atoms with van der Waals surface area (Å²) in [5.41, 5.74) is 0.922. The van der Waals surface area contributed by atoms with E-state index in [4.69, 9.17) is 0 Å². The zero-order valence-electron chi connectivity index (χ0n) is 16.4. The third kappa shape index (κ3) is 5.56. The summed E-state index contributed by atoms with van der Waals surface area (Å²) in [4.78, 5) is 41.5. The lowest BCUT2D eigenvalue weighted by molar-refractivity contribution is -0.130. The van der Waals surface area contributed by atoms with Crippen molar-refractivity contribution >= 4 is 40.2 Å². The monoisotopic (exact) mass is 433 g/mol. The Bertz CT molecular complexity index is 994. The number of hydrogen-bond acceptors (Lipinski definition) is 7. The summed E-state index contributed by atoms with van der Waals surface area (Å²) < 4.78 is 17.3. The van der Waals surface area contributed by atoms with E-state index in [0.29, 0.717) is 17.1 Å². The average molecular weight is 433 g/mol. The summed E-state index contributed by atoms with van der Waals surface area (Å²) in [6.07, 6.45) is 0.526. The first-order valence-electron chi connectivity index (χ1n) is 9.03. The quantitative estimate of drug-likeness (QED) is 0.717. The molecule has 12 heteroatoms. The maximum Gasteiger partial charge on any atom is 0.321 e. The van der Waals surface area contributed by atoms with Crippen molar-refractivity contribution in [3.63, 3.8) is 0 Å². The molecule has 0 saturated heterocycles. The number of aromatic nitrogens is 2. The summed E-state index contributed by atoms with van der Waals surface area (Å²) in [6, 6.07) is 5.42. The van der Waals surface area contributed by atoms with Crippen molar-refractivity contribution in [3.8, 4) is 0 Å². The Labute approximate surface area is 175 Å². The molecule has 3 rings (SSSR count). The van der Waals surface area contributed by atoms with Gasteiger partial charge in [-0.2, -0.15) is 9.47 Å². The van der Waals surface area contributed by atoms with Gasteiger partial charge in [-0.3, -0.25) is 14.9 Å². The van der Waals surface area contributed by atoms with Gasteiger partial charge in [0.05, 0.1) is 6.54 Å². The Morgan fingerprint density at radius 2 is 2.13 bits per heavy atom. The third-order valence-corrected chi connectivity index (χ3v) is 4.88. The molecule has 2 aromatic rings. The summed E-state index contributed by atoms with van der Waals surface area (Å²) in [6.45, 7) is 0.282. The molecule has 1 aromatic carbocycles. The fraction of sp³-hybridized carbons (Fsp3) is 0.333. The topological polar surface area (TPSA) is 120 Å². The third-order valence-electron chi connectivity index (χ3n) is 4.21. The zero-order chi connectivity index (χ0) is 21.7. The maximum atomic E-state index is 13.2. The maximum absolute atomic E-state index is 13.2. The predicted octanol–water partition coefficient (Wildman–Crippen LogP) is 1.57. The molecule has 158 valence electrons. The highest BCUT2D eigenvalue weighted by molar-refractivity contribution is 7.09. The molecule has 0 bridgehead atoms. The number of amides is 4. The Morgan fingerprint density at radius 1 is 1.33 bits per heavy atom. The molecule has 2 heterocycles. The largest absolute Gasteiger partial charge is 0.334 e. The highest BCUT2D eigenvalue weighted by atomic mass is 32.1. The molecular formula is C18H20FN7O3S. The van der Waals surface area contributed by atoms with Crippen LogP contribution in [0.25, 0.3) is 0 Å². The second-order valence-corrected chi connectivity index (χ2v) is 7.33. The first kappa shape index (κ1) is 21.3. The van der Waals surface area contributed by atoms with E-state index < -0.39 is 6.03 Å². The van der Waals surface area contributed by atoms with Crippen LogP contribution in [0, 0.1) is 5.82 Å². The van der Waals surface area contributed by atoms with Crippen molar-refractivity contribution in [2.24, 2.45) is 5.10 Å². The van der Waals surface area contributed by atoms with Crippen molar-refractivity contribution in [1.29, 1.82) is 0 Å². The molecule has 1 aromatic heterocycles. The molecule has 0 unspecified atom stereocenters. The van der Waals surface area contributed by atoms with Crippen LogP contribution in [0.2, 0.25) is 0 Å². The molecule has 0 spiro atoms. The van der Waals surface area contributed by atoms with Crippen LogP contribution in [0.15, 0.2) is 29.4 Å². The minimum Gasteiger partial charge on any atom is -0.334 e. The lowest BCUT2D eigenvalue weighted by Crippen LogP contribution is -2.38. The second kappa shape index (κ2) is 9.39. The Balaban J connectivity index is 1.50. The molecule has 4 amide bonds. The van der Waals surface area contributed by atoms with Crippen molar-refractivity contribution in [2.45, 2.75) is 25.9 Å². The number of rotatable bonds is 6. The molecule has 0 atom stereocenters.